The Morgan fingerprint density at radius 2 is 1.91 bits per heavy atom. The Kier molecular flexibility index (Phi) is 6.62. The number of hydrazine groups is 1. The fraction of sp³-hybridized carbons (Fsp3) is 0.533. The molecular weight excluding hydrogens is 288 g/mol. The maximum absolute atomic E-state index is 11.8. The zero-order valence-corrected chi connectivity index (χ0v) is 13.0. The van der Waals surface area contributed by atoms with E-state index in [2.05, 4.69) is 10.9 Å². The van der Waals surface area contributed by atoms with Crippen molar-refractivity contribution in [2.45, 2.75) is 33.6 Å². The van der Waals surface area contributed by atoms with E-state index in [4.69, 9.17) is 4.42 Å². The highest BCUT2D eigenvalue weighted by Crippen LogP contribution is 2.23. The van der Waals surface area contributed by atoms with E-state index >= 15 is 0 Å². The normalized spacial score (nSPS) is 13.5. The lowest BCUT2D eigenvalue weighted by Gasteiger charge is -2.21. The number of carbonyl (C=O) groups is 3. The Morgan fingerprint density at radius 3 is 2.41 bits per heavy atom. The van der Waals surface area contributed by atoms with Gasteiger partial charge in [-0.15, -0.1) is 0 Å². The Morgan fingerprint density at radius 1 is 1.23 bits per heavy atom. The molecule has 1 heterocycles. The summed E-state index contributed by atoms with van der Waals surface area (Å²) in [6.45, 7) is 5.59. The number of hydrogen-bond donors (Lipinski definition) is 3. The predicted molar refractivity (Wildman–Crippen MR) is 78.7 cm³/mol. The molecule has 0 aromatic carbocycles. The molecule has 3 N–H and O–H groups in total. The summed E-state index contributed by atoms with van der Waals surface area (Å²) in [6.07, 6.45) is 1.87. The summed E-state index contributed by atoms with van der Waals surface area (Å²) >= 11 is 0. The standard InChI is InChI=1S/C15H22N2O5/c1-9(2)7-11(15(20)21)10(3)8-13(18)16-17-14(19)12-5-4-6-22-12/h4-6,9-11H,7-8H2,1-3H3,(H,16,18)(H,17,19)(H,20,21). The Balaban J connectivity index is 2.45. The Labute approximate surface area is 129 Å². The van der Waals surface area contributed by atoms with Crippen molar-refractivity contribution in [1.82, 2.24) is 10.9 Å². The number of furan rings is 1. The SMILES string of the molecule is CC(C)CC(C(=O)O)C(C)CC(=O)NNC(=O)c1ccco1. The predicted octanol–water partition coefficient (Wildman–Crippen LogP) is 1.81. The van der Waals surface area contributed by atoms with Crippen LogP contribution in [0.5, 0.6) is 0 Å². The molecule has 2 amide bonds. The van der Waals surface area contributed by atoms with E-state index in [9.17, 15) is 19.5 Å². The Hall–Kier alpha value is -2.31. The number of aliphatic carboxylic acids is 1. The molecular formula is C15H22N2O5. The van der Waals surface area contributed by atoms with Gasteiger partial charge < -0.3 is 9.52 Å². The van der Waals surface area contributed by atoms with E-state index in [1.165, 1.54) is 12.3 Å². The summed E-state index contributed by atoms with van der Waals surface area (Å²) in [5, 5.41) is 9.23. The minimum atomic E-state index is -0.909. The van der Waals surface area contributed by atoms with Gasteiger partial charge in [0.05, 0.1) is 12.2 Å². The smallest absolute Gasteiger partial charge is 0.306 e. The van der Waals surface area contributed by atoms with E-state index in [1.807, 2.05) is 13.8 Å². The first-order valence-electron chi connectivity index (χ1n) is 7.16. The van der Waals surface area contributed by atoms with Crippen LogP contribution in [-0.4, -0.2) is 22.9 Å². The third-order valence-electron chi connectivity index (χ3n) is 3.30. The van der Waals surface area contributed by atoms with Crippen molar-refractivity contribution in [1.29, 1.82) is 0 Å². The molecule has 0 aliphatic rings. The van der Waals surface area contributed by atoms with Crippen LogP contribution in [0, 0.1) is 17.8 Å². The minimum absolute atomic E-state index is 0.0160. The van der Waals surface area contributed by atoms with Crippen LogP contribution in [-0.2, 0) is 9.59 Å². The number of carboxylic acids is 1. The van der Waals surface area contributed by atoms with Gasteiger partial charge in [-0.1, -0.05) is 20.8 Å². The molecule has 122 valence electrons. The van der Waals surface area contributed by atoms with Crippen LogP contribution in [0.2, 0.25) is 0 Å². The molecule has 22 heavy (non-hydrogen) atoms. The quantitative estimate of drug-likeness (QED) is 0.666. The molecule has 0 fully saturated rings. The van der Waals surface area contributed by atoms with E-state index in [0.717, 1.165) is 0 Å². The van der Waals surface area contributed by atoms with Gasteiger partial charge in [0.2, 0.25) is 5.91 Å². The second-order valence-corrected chi connectivity index (χ2v) is 5.74. The molecule has 0 radical (unpaired) electrons. The number of amides is 2. The molecule has 2 unspecified atom stereocenters. The zero-order chi connectivity index (χ0) is 16.7. The average Bonchev–Trinajstić information content (AvgIpc) is 2.95. The van der Waals surface area contributed by atoms with E-state index in [0.29, 0.717) is 6.42 Å². The fourth-order valence-corrected chi connectivity index (χ4v) is 2.17. The van der Waals surface area contributed by atoms with Crippen molar-refractivity contribution in [3.8, 4) is 0 Å². The molecule has 0 spiro atoms. The maximum Gasteiger partial charge on any atom is 0.306 e. The van der Waals surface area contributed by atoms with Crippen LogP contribution in [0.15, 0.2) is 22.8 Å². The summed E-state index contributed by atoms with van der Waals surface area (Å²) in [5.74, 6) is -2.53. The molecule has 7 nitrogen and oxygen atoms in total. The van der Waals surface area contributed by atoms with Crippen molar-refractivity contribution >= 4 is 17.8 Å². The molecule has 0 aliphatic heterocycles. The molecule has 0 saturated heterocycles. The monoisotopic (exact) mass is 310 g/mol. The number of carboxylic acid groups (broad SMARTS) is 1. The van der Waals surface area contributed by atoms with Crippen LogP contribution >= 0.6 is 0 Å². The number of carbonyl (C=O) groups excluding carboxylic acids is 2. The molecule has 1 aromatic heterocycles. The van der Waals surface area contributed by atoms with Gasteiger partial charge in [0, 0.05) is 6.42 Å². The average molecular weight is 310 g/mol. The zero-order valence-electron chi connectivity index (χ0n) is 13.0. The van der Waals surface area contributed by atoms with E-state index in [-0.39, 0.29) is 24.0 Å². The van der Waals surface area contributed by atoms with Gasteiger partial charge in [0.25, 0.3) is 0 Å². The largest absolute Gasteiger partial charge is 0.481 e. The first kappa shape index (κ1) is 17.7. The van der Waals surface area contributed by atoms with Gasteiger partial charge in [-0.25, -0.2) is 0 Å². The number of rotatable bonds is 7. The van der Waals surface area contributed by atoms with Crippen LogP contribution in [0.25, 0.3) is 0 Å². The van der Waals surface area contributed by atoms with Crippen molar-refractivity contribution in [2.75, 3.05) is 0 Å². The van der Waals surface area contributed by atoms with Crippen LogP contribution in [0.3, 0.4) is 0 Å². The van der Waals surface area contributed by atoms with Crippen molar-refractivity contribution in [3.05, 3.63) is 24.2 Å². The highest BCUT2D eigenvalue weighted by molar-refractivity contribution is 5.92. The van der Waals surface area contributed by atoms with Crippen molar-refractivity contribution in [2.24, 2.45) is 17.8 Å². The first-order valence-corrected chi connectivity index (χ1v) is 7.16. The third-order valence-corrected chi connectivity index (χ3v) is 3.30. The minimum Gasteiger partial charge on any atom is -0.481 e. The van der Waals surface area contributed by atoms with Crippen molar-refractivity contribution in [3.63, 3.8) is 0 Å². The Bertz CT molecular complexity index is 510. The number of nitrogens with one attached hydrogen (secondary N) is 2. The molecule has 1 aromatic rings. The topological polar surface area (TPSA) is 109 Å². The molecule has 0 bridgehead atoms. The van der Waals surface area contributed by atoms with E-state index < -0.39 is 23.7 Å². The lowest BCUT2D eigenvalue weighted by atomic mass is 9.84. The van der Waals surface area contributed by atoms with Crippen molar-refractivity contribution < 1.29 is 23.9 Å². The second-order valence-electron chi connectivity index (χ2n) is 5.74. The lowest BCUT2D eigenvalue weighted by molar-refractivity contribution is -0.144. The molecule has 2 atom stereocenters. The van der Waals surface area contributed by atoms with E-state index in [1.54, 1.807) is 13.0 Å². The second kappa shape index (κ2) is 8.21. The highest BCUT2D eigenvalue weighted by Gasteiger charge is 2.27. The summed E-state index contributed by atoms with van der Waals surface area (Å²) in [5.41, 5.74) is 4.48. The molecule has 7 heteroatoms. The van der Waals surface area contributed by atoms with Crippen LogP contribution < -0.4 is 10.9 Å². The van der Waals surface area contributed by atoms with Crippen LogP contribution in [0.1, 0.15) is 44.2 Å². The number of hydrogen-bond acceptors (Lipinski definition) is 4. The summed E-state index contributed by atoms with van der Waals surface area (Å²) in [7, 11) is 0. The fourth-order valence-electron chi connectivity index (χ4n) is 2.17. The summed E-state index contributed by atoms with van der Waals surface area (Å²) < 4.78 is 4.88. The highest BCUT2D eigenvalue weighted by atomic mass is 16.4. The molecule has 1 rings (SSSR count). The lowest BCUT2D eigenvalue weighted by Crippen LogP contribution is -2.42. The summed E-state index contributed by atoms with van der Waals surface area (Å²) in [6, 6.07) is 3.02. The van der Waals surface area contributed by atoms with Crippen LogP contribution in [0.4, 0.5) is 0 Å². The molecule has 0 saturated carbocycles. The first-order chi connectivity index (χ1) is 10.3. The molecule has 0 aliphatic carbocycles. The van der Waals surface area contributed by atoms with Gasteiger partial charge >= 0.3 is 11.9 Å². The summed E-state index contributed by atoms with van der Waals surface area (Å²) in [4.78, 5) is 34.6. The van der Waals surface area contributed by atoms with Gasteiger partial charge in [-0.05, 0) is 30.4 Å². The van der Waals surface area contributed by atoms with Gasteiger partial charge in [0.1, 0.15) is 0 Å². The maximum atomic E-state index is 11.8. The van der Waals surface area contributed by atoms with Gasteiger partial charge in [0.15, 0.2) is 5.76 Å². The third kappa shape index (κ3) is 5.59. The van der Waals surface area contributed by atoms with Gasteiger partial charge in [-0.3, -0.25) is 25.2 Å². The van der Waals surface area contributed by atoms with Gasteiger partial charge in [-0.2, -0.15) is 0 Å².